The number of aryl methyl sites for hydroxylation is 2. The number of amides is 2. The molecule has 0 aromatic heterocycles. The largest absolute Gasteiger partial charge is 0.354 e. The third kappa shape index (κ3) is 7.37. The van der Waals surface area contributed by atoms with E-state index in [1.807, 2.05) is 25.1 Å². The van der Waals surface area contributed by atoms with Crippen molar-refractivity contribution in [1.29, 1.82) is 0 Å². The normalized spacial score (nSPS) is 11.8. The third-order valence-electron chi connectivity index (χ3n) is 4.79. The van der Waals surface area contributed by atoms with Crippen molar-refractivity contribution in [2.75, 3.05) is 12.3 Å². The molecule has 1 atom stereocenters. The minimum absolute atomic E-state index is 0.0663. The van der Waals surface area contributed by atoms with Gasteiger partial charge in [-0.05, 0) is 44.4 Å². The van der Waals surface area contributed by atoms with Gasteiger partial charge >= 0.3 is 0 Å². The highest BCUT2D eigenvalue weighted by Gasteiger charge is 2.26. The summed E-state index contributed by atoms with van der Waals surface area (Å²) >= 11 is 7.88. The van der Waals surface area contributed by atoms with Gasteiger partial charge < -0.3 is 10.2 Å². The Morgan fingerprint density at radius 2 is 1.80 bits per heavy atom. The molecule has 162 valence electrons. The maximum absolute atomic E-state index is 13.1. The van der Waals surface area contributed by atoms with Crippen molar-refractivity contribution >= 4 is 35.2 Å². The highest BCUT2D eigenvalue weighted by molar-refractivity contribution is 7.99. The van der Waals surface area contributed by atoms with Crippen molar-refractivity contribution in [2.24, 2.45) is 0 Å². The smallest absolute Gasteiger partial charge is 0.242 e. The predicted molar refractivity (Wildman–Crippen MR) is 127 cm³/mol. The van der Waals surface area contributed by atoms with E-state index in [4.69, 9.17) is 11.6 Å². The second kappa shape index (κ2) is 12.0. The third-order valence-corrected chi connectivity index (χ3v) is 6.15. The Morgan fingerprint density at radius 3 is 2.43 bits per heavy atom. The number of benzene rings is 2. The number of rotatable bonds is 10. The van der Waals surface area contributed by atoms with E-state index in [1.165, 1.54) is 16.7 Å². The monoisotopic (exact) mass is 446 g/mol. The second-order valence-electron chi connectivity index (χ2n) is 7.57. The number of hydrogen-bond acceptors (Lipinski definition) is 3. The zero-order valence-corrected chi connectivity index (χ0v) is 19.8. The fraction of sp³-hybridized carbons (Fsp3) is 0.417. The summed E-state index contributed by atoms with van der Waals surface area (Å²) in [5, 5.41) is 3.49. The highest BCUT2D eigenvalue weighted by Crippen LogP contribution is 2.21. The molecule has 0 spiro atoms. The summed E-state index contributed by atoms with van der Waals surface area (Å²) in [5.41, 5.74) is 4.48. The average molecular weight is 447 g/mol. The van der Waals surface area contributed by atoms with Gasteiger partial charge in [-0.1, -0.05) is 66.0 Å². The van der Waals surface area contributed by atoms with E-state index in [-0.39, 0.29) is 11.8 Å². The molecule has 4 nitrogen and oxygen atoms in total. The van der Waals surface area contributed by atoms with Crippen LogP contribution in [0.15, 0.2) is 42.5 Å². The topological polar surface area (TPSA) is 49.4 Å². The molecule has 6 heteroatoms. The highest BCUT2D eigenvalue weighted by atomic mass is 35.5. The zero-order chi connectivity index (χ0) is 22.1. The van der Waals surface area contributed by atoms with Crippen molar-refractivity contribution in [3.63, 3.8) is 0 Å². The molecular formula is C24H31ClN2O2S. The maximum atomic E-state index is 13.1. The minimum atomic E-state index is -0.567. The van der Waals surface area contributed by atoms with Gasteiger partial charge in [0.05, 0.1) is 5.75 Å². The minimum Gasteiger partial charge on any atom is -0.354 e. The van der Waals surface area contributed by atoms with E-state index in [1.54, 1.807) is 29.7 Å². The first-order valence-electron chi connectivity index (χ1n) is 10.3. The SMILES string of the molecule is CCCNC(=O)[C@@H](C)N(Cc1ccccc1Cl)C(=O)CSCc1cc(C)cc(C)c1. The summed E-state index contributed by atoms with van der Waals surface area (Å²) in [6, 6.07) is 13.3. The Kier molecular flexibility index (Phi) is 9.73. The number of hydrogen-bond donors (Lipinski definition) is 1. The van der Waals surface area contributed by atoms with E-state index in [9.17, 15) is 9.59 Å². The van der Waals surface area contributed by atoms with Crippen LogP contribution in [0.5, 0.6) is 0 Å². The van der Waals surface area contributed by atoms with Crippen LogP contribution in [0, 0.1) is 13.8 Å². The van der Waals surface area contributed by atoms with Crippen LogP contribution in [-0.2, 0) is 21.9 Å². The Hall–Kier alpha value is -1.98. The molecule has 0 aliphatic rings. The van der Waals surface area contributed by atoms with E-state index in [2.05, 4.69) is 37.4 Å². The van der Waals surface area contributed by atoms with Crippen LogP contribution in [0.4, 0.5) is 0 Å². The number of thioether (sulfide) groups is 1. The number of carbonyl (C=O) groups excluding carboxylic acids is 2. The molecular weight excluding hydrogens is 416 g/mol. The van der Waals surface area contributed by atoms with Gasteiger partial charge in [-0.25, -0.2) is 0 Å². The Labute approximate surface area is 189 Å². The average Bonchev–Trinajstić information content (AvgIpc) is 2.70. The van der Waals surface area contributed by atoms with Crippen LogP contribution in [0.25, 0.3) is 0 Å². The van der Waals surface area contributed by atoms with Gasteiger partial charge in [0, 0.05) is 23.9 Å². The van der Waals surface area contributed by atoms with Crippen molar-refractivity contribution in [3.05, 3.63) is 69.7 Å². The van der Waals surface area contributed by atoms with Gasteiger partial charge in [-0.15, -0.1) is 11.8 Å². The van der Waals surface area contributed by atoms with Gasteiger partial charge in [0.25, 0.3) is 0 Å². The maximum Gasteiger partial charge on any atom is 0.242 e. The van der Waals surface area contributed by atoms with Crippen LogP contribution < -0.4 is 5.32 Å². The van der Waals surface area contributed by atoms with Gasteiger partial charge in [-0.2, -0.15) is 0 Å². The number of carbonyl (C=O) groups is 2. The number of nitrogens with one attached hydrogen (secondary N) is 1. The zero-order valence-electron chi connectivity index (χ0n) is 18.2. The molecule has 0 aliphatic heterocycles. The van der Waals surface area contributed by atoms with Crippen LogP contribution in [-0.4, -0.2) is 35.1 Å². The Bertz CT molecular complexity index is 852. The lowest BCUT2D eigenvalue weighted by Gasteiger charge is -2.29. The van der Waals surface area contributed by atoms with Gasteiger partial charge in [0.1, 0.15) is 6.04 Å². The summed E-state index contributed by atoms with van der Waals surface area (Å²) in [6.45, 7) is 8.83. The van der Waals surface area contributed by atoms with Crippen molar-refractivity contribution in [2.45, 2.75) is 52.5 Å². The van der Waals surface area contributed by atoms with Crippen molar-refractivity contribution in [3.8, 4) is 0 Å². The lowest BCUT2D eigenvalue weighted by molar-refractivity contribution is -0.138. The molecule has 0 radical (unpaired) electrons. The van der Waals surface area contributed by atoms with Crippen molar-refractivity contribution in [1.82, 2.24) is 10.2 Å². The van der Waals surface area contributed by atoms with E-state index >= 15 is 0 Å². The molecule has 0 fully saturated rings. The molecule has 0 saturated heterocycles. The number of nitrogens with zero attached hydrogens (tertiary/aromatic N) is 1. The van der Waals surface area contributed by atoms with E-state index in [0.29, 0.717) is 23.9 Å². The molecule has 2 amide bonds. The molecule has 0 bridgehead atoms. The van der Waals surface area contributed by atoms with Gasteiger partial charge in [0.2, 0.25) is 11.8 Å². The van der Waals surface area contributed by atoms with Crippen LogP contribution >= 0.6 is 23.4 Å². The Morgan fingerprint density at radius 1 is 1.13 bits per heavy atom. The molecule has 2 rings (SSSR count). The van der Waals surface area contributed by atoms with E-state index < -0.39 is 6.04 Å². The van der Waals surface area contributed by atoms with Crippen molar-refractivity contribution < 1.29 is 9.59 Å². The molecule has 0 unspecified atom stereocenters. The fourth-order valence-electron chi connectivity index (χ4n) is 3.28. The summed E-state index contributed by atoms with van der Waals surface area (Å²) in [7, 11) is 0. The molecule has 0 aliphatic carbocycles. The summed E-state index contributed by atoms with van der Waals surface area (Å²) < 4.78 is 0. The Balaban J connectivity index is 2.08. The fourth-order valence-corrected chi connectivity index (χ4v) is 4.32. The quantitative estimate of drug-likeness (QED) is 0.550. The molecule has 2 aromatic rings. The summed E-state index contributed by atoms with van der Waals surface area (Å²) in [5.74, 6) is 0.855. The van der Waals surface area contributed by atoms with Gasteiger partial charge in [-0.3, -0.25) is 9.59 Å². The van der Waals surface area contributed by atoms with Gasteiger partial charge in [0.15, 0.2) is 0 Å². The van der Waals surface area contributed by atoms with Crippen LogP contribution in [0.2, 0.25) is 5.02 Å². The number of halogens is 1. The van der Waals surface area contributed by atoms with Crippen LogP contribution in [0.1, 0.15) is 42.5 Å². The first kappa shape index (κ1) is 24.3. The lowest BCUT2D eigenvalue weighted by Crippen LogP contribution is -2.48. The first-order chi connectivity index (χ1) is 14.3. The standard InChI is InChI=1S/C24H31ClN2O2S/c1-5-10-26-24(29)19(4)27(14-21-8-6-7-9-22(21)25)23(28)16-30-15-20-12-17(2)11-18(3)13-20/h6-9,11-13,19H,5,10,14-16H2,1-4H3,(H,26,29)/t19-/m1/s1. The molecule has 0 heterocycles. The summed E-state index contributed by atoms with van der Waals surface area (Å²) in [4.78, 5) is 27.3. The summed E-state index contributed by atoms with van der Waals surface area (Å²) in [6.07, 6.45) is 0.850. The molecule has 0 saturated carbocycles. The van der Waals surface area contributed by atoms with E-state index in [0.717, 1.165) is 17.7 Å². The molecule has 1 N–H and O–H groups in total. The molecule has 2 aromatic carbocycles. The predicted octanol–water partition coefficient (Wildman–Crippen LogP) is 5.13. The molecule has 30 heavy (non-hydrogen) atoms. The second-order valence-corrected chi connectivity index (χ2v) is 8.96. The lowest BCUT2D eigenvalue weighted by atomic mass is 10.1. The first-order valence-corrected chi connectivity index (χ1v) is 11.8. The van der Waals surface area contributed by atoms with Crippen LogP contribution in [0.3, 0.4) is 0 Å².